The van der Waals surface area contributed by atoms with Gasteiger partial charge in [-0.3, -0.25) is 9.78 Å². The molecule has 0 bridgehead atoms. The van der Waals surface area contributed by atoms with E-state index in [0.29, 0.717) is 28.2 Å². The molecule has 0 fully saturated rings. The van der Waals surface area contributed by atoms with Crippen LogP contribution in [0.1, 0.15) is 10.4 Å². The van der Waals surface area contributed by atoms with Gasteiger partial charge in [0.2, 0.25) is 0 Å². The van der Waals surface area contributed by atoms with Crippen LogP contribution < -0.4 is 15.4 Å². The van der Waals surface area contributed by atoms with Crippen molar-refractivity contribution in [2.45, 2.75) is 0 Å². The van der Waals surface area contributed by atoms with Crippen LogP contribution in [0.3, 0.4) is 0 Å². The molecule has 0 saturated heterocycles. The molecule has 0 radical (unpaired) electrons. The van der Waals surface area contributed by atoms with Crippen LogP contribution in [-0.2, 0) is 0 Å². The topological polar surface area (TPSA) is 63.2 Å². The van der Waals surface area contributed by atoms with Crippen molar-refractivity contribution < 1.29 is 18.3 Å². The Morgan fingerprint density at radius 1 is 1.07 bits per heavy atom. The molecule has 0 aliphatic heterocycles. The Morgan fingerprint density at radius 3 is 2.59 bits per heavy atom. The summed E-state index contributed by atoms with van der Waals surface area (Å²) in [4.78, 5) is 16.3. The molecule has 1 amide bonds. The zero-order valence-corrected chi connectivity index (χ0v) is 14.8. The third-order valence-electron chi connectivity index (χ3n) is 3.62. The van der Waals surface area contributed by atoms with Crippen molar-refractivity contribution in [1.29, 1.82) is 0 Å². The molecule has 2 aromatic carbocycles. The Hall–Kier alpha value is -3.19. The van der Waals surface area contributed by atoms with Crippen LogP contribution in [0, 0.1) is 11.6 Å². The summed E-state index contributed by atoms with van der Waals surface area (Å²) in [7, 11) is 1.52. The minimum Gasteiger partial charge on any atom is -0.495 e. The number of nitrogens with one attached hydrogen (secondary N) is 2. The van der Waals surface area contributed by atoms with E-state index in [1.165, 1.54) is 19.5 Å². The highest BCUT2D eigenvalue weighted by Gasteiger charge is 2.11. The first-order chi connectivity index (χ1) is 13.0. The molecule has 1 aromatic heterocycles. The second kappa shape index (κ2) is 8.01. The number of hydrogen-bond acceptors (Lipinski definition) is 4. The van der Waals surface area contributed by atoms with Gasteiger partial charge in [-0.1, -0.05) is 11.6 Å². The molecule has 5 nitrogen and oxygen atoms in total. The molecule has 3 rings (SSSR count). The van der Waals surface area contributed by atoms with Gasteiger partial charge >= 0.3 is 0 Å². The number of nitrogens with zero attached hydrogens (tertiary/aromatic N) is 1. The lowest BCUT2D eigenvalue weighted by molar-refractivity contribution is 0.102. The number of aromatic nitrogens is 1. The normalized spacial score (nSPS) is 10.4. The summed E-state index contributed by atoms with van der Waals surface area (Å²) in [5.41, 5.74) is 1.28. The number of anilines is 3. The molecule has 1 heterocycles. The van der Waals surface area contributed by atoms with E-state index in [-0.39, 0.29) is 11.3 Å². The smallest absolute Gasteiger partial charge is 0.257 e. The van der Waals surface area contributed by atoms with Gasteiger partial charge in [0.1, 0.15) is 17.4 Å². The van der Waals surface area contributed by atoms with Crippen molar-refractivity contribution in [3.8, 4) is 5.75 Å². The van der Waals surface area contributed by atoms with Gasteiger partial charge in [-0.25, -0.2) is 8.78 Å². The SMILES string of the molecule is COc1ccc(Nc2cncc(C(=O)Nc3ccc(F)cc3F)c2)cc1Cl. The fourth-order valence-corrected chi connectivity index (χ4v) is 2.59. The standard InChI is InChI=1S/C19H14ClF2N3O2/c1-27-18-5-3-13(8-15(18)20)24-14-6-11(9-23-10-14)19(26)25-17-4-2-12(21)7-16(17)22/h2-10,24H,1H3,(H,25,26). The number of halogens is 3. The van der Waals surface area contributed by atoms with Crippen LogP contribution in [0.25, 0.3) is 0 Å². The molecule has 0 aliphatic carbocycles. The highest BCUT2D eigenvalue weighted by Crippen LogP contribution is 2.29. The van der Waals surface area contributed by atoms with E-state index in [4.69, 9.17) is 16.3 Å². The molecule has 3 aromatic rings. The molecule has 0 unspecified atom stereocenters. The predicted octanol–water partition coefficient (Wildman–Crippen LogP) is 5.02. The fraction of sp³-hybridized carbons (Fsp3) is 0.0526. The number of carbonyl (C=O) groups is 1. The third-order valence-corrected chi connectivity index (χ3v) is 3.92. The number of benzene rings is 2. The van der Waals surface area contributed by atoms with Crippen LogP contribution in [0.4, 0.5) is 25.8 Å². The number of rotatable bonds is 5. The van der Waals surface area contributed by atoms with E-state index in [0.717, 1.165) is 12.1 Å². The van der Waals surface area contributed by atoms with Crippen LogP contribution in [0.2, 0.25) is 5.02 Å². The van der Waals surface area contributed by atoms with Crippen molar-refractivity contribution in [3.05, 3.63) is 77.1 Å². The Bertz CT molecular complexity index is 998. The van der Waals surface area contributed by atoms with Crippen molar-refractivity contribution >= 4 is 34.6 Å². The zero-order chi connectivity index (χ0) is 19.4. The van der Waals surface area contributed by atoms with E-state index in [2.05, 4.69) is 15.6 Å². The molecule has 0 aliphatic rings. The number of carbonyl (C=O) groups excluding carboxylic acids is 1. The quantitative estimate of drug-likeness (QED) is 0.643. The molecule has 2 N–H and O–H groups in total. The van der Waals surface area contributed by atoms with Crippen LogP contribution >= 0.6 is 11.6 Å². The zero-order valence-electron chi connectivity index (χ0n) is 14.1. The van der Waals surface area contributed by atoms with Crippen LogP contribution in [0.15, 0.2) is 54.9 Å². The molecule has 8 heteroatoms. The van der Waals surface area contributed by atoms with Gasteiger partial charge in [0, 0.05) is 18.0 Å². The van der Waals surface area contributed by atoms with Crippen molar-refractivity contribution in [2.24, 2.45) is 0 Å². The average Bonchev–Trinajstić information content (AvgIpc) is 2.64. The second-order valence-electron chi connectivity index (χ2n) is 5.51. The van der Waals surface area contributed by atoms with Crippen molar-refractivity contribution in [1.82, 2.24) is 4.98 Å². The highest BCUT2D eigenvalue weighted by atomic mass is 35.5. The molecule has 27 heavy (non-hydrogen) atoms. The van der Waals surface area contributed by atoms with Gasteiger partial charge in [-0.2, -0.15) is 0 Å². The first-order valence-electron chi connectivity index (χ1n) is 7.78. The summed E-state index contributed by atoms with van der Waals surface area (Å²) in [5, 5.41) is 5.88. The molecule has 0 atom stereocenters. The molecule has 0 saturated carbocycles. The minimum absolute atomic E-state index is 0.123. The first-order valence-corrected chi connectivity index (χ1v) is 8.16. The maximum Gasteiger partial charge on any atom is 0.257 e. The van der Waals surface area contributed by atoms with Crippen LogP contribution in [0.5, 0.6) is 5.75 Å². The summed E-state index contributed by atoms with van der Waals surface area (Å²) in [6, 6.07) is 9.57. The number of pyridine rings is 1. The van der Waals surface area contributed by atoms with E-state index < -0.39 is 17.5 Å². The lowest BCUT2D eigenvalue weighted by Crippen LogP contribution is -2.13. The van der Waals surface area contributed by atoms with E-state index >= 15 is 0 Å². The average molecular weight is 390 g/mol. The number of ether oxygens (including phenoxy) is 1. The van der Waals surface area contributed by atoms with E-state index in [9.17, 15) is 13.6 Å². The van der Waals surface area contributed by atoms with Gasteiger partial charge < -0.3 is 15.4 Å². The Labute approximate surface area is 159 Å². The summed E-state index contributed by atoms with van der Waals surface area (Å²) in [6.07, 6.45) is 2.86. The monoisotopic (exact) mass is 389 g/mol. The van der Waals surface area contributed by atoms with Gasteiger partial charge in [-0.05, 0) is 36.4 Å². The first kappa shape index (κ1) is 18.6. The Morgan fingerprint density at radius 2 is 1.89 bits per heavy atom. The Kier molecular flexibility index (Phi) is 5.52. The Balaban J connectivity index is 1.76. The number of methoxy groups -OCH3 is 1. The lowest BCUT2D eigenvalue weighted by Gasteiger charge is -2.10. The molecular weight excluding hydrogens is 376 g/mol. The third kappa shape index (κ3) is 4.51. The van der Waals surface area contributed by atoms with E-state index in [1.807, 2.05) is 0 Å². The van der Waals surface area contributed by atoms with Gasteiger partial charge in [-0.15, -0.1) is 0 Å². The van der Waals surface area contributed by atoms with Gasteiger partial charge in [0.05, 0.1) is 35.3 Å². The summed E-state index contributed by atoms with van der Waals surface area (Å²) < 4.78 is 31.7. The lowest BCUT2D eigenvalue weighted by atomic mass is 10.2. The molecule has 138 valence electrons. The number of amides is 1. The van der Waals surface area contributed by atoms with Gasteiger partial charge in [0.25, 0.3) is 5.91 Å². The van der Waals surface area contributed by atoms with Gasteiger partial charge in [0.15, 0.2) is 0 Å². The van der Waals surface area contributed by atoms with Crippen LogP contribution in [-0.4, -0.2) is 18.0 Å². The summed E-state index contributed by atoms with van der Waals surface area (Å²) in [6.45, 7) is 0. The molecular formula is C19H14ClF2N3O2. The second-order valence-corrected chi connectivity index (χ2v) is 5.92. The number of hydrogen-bond donors (Lipinski definition) is 2. The maximum atomic E-state index is 13.7. The highest BCUT2D eigenvalue weighted by molar-refractivity contribution is 6.32. The minimum atomic E-state index is -0.863. The maximum absolute atomic E-state index is 13.7. The summed E-state index contributed by atoms with van der Waals surface area (Å²) in [5.74, 6) is -1.63. The van der Waals surface area contributed by atoms with E-state index in [1.54, 1.807) is 24.3 Å². The van der Waals surface area contributed by atoms with Crippen molar-refractivity contribution in [2.75, 3.05) is 17.7 Å². The largest absolute Gasteiger partial charge is 0.495 e. The fourth-order valence-electron chi connectivity index (χ4n) is 2.33. The predicted molar refractivity (Wildman–Crippen MR) is 99.8 cm³/mol. The van der Waals surface area contributed by atoms with Crippen molar-refractivity contribution in [3.63, 3.8) is 0 Å². The summed E-state index contributed by atoms with van der Waals surface area (Å²) >= 11 is 6.09. The molecule has 0 spiro atoms.